The highest BCUT2D eigenvalue weighted by Gasteiger charge is 2.37. The Balaban J connectivity index is 2.76. The number of carbonyl (C=O) groups is 2. The van der Waals surface area contributed by atoms with Gasteiger partial charge in [0.05, 0.1) is 0 Å². The van der Waals surface area contributed by atoms with Crippen LogP contribution in [0.25, 0.3) is 0 Å². The van der Waals surface area contributed by atoms with Crippen molar-refractivity contribution in [1.29, 1.82) is 0 Å². The fraction of sp³-hybridized carbons (Fsp3) is 0.500. The van der Waals surface area contributed by atoms with Gasteiger partial charge >= 0.3 is 12.0 Å². The molecule has 0 saturated carbocycles. The van der Waals surface area contributed by atoms with Gasteiger partial charge in [-0.3, -0.25) is 0 Å². The van der Waals surface area contributed by atoms with Gasteiger partial charge in [0.1, 0.15) is 5.54 Å². The SMILES string of the molecule is CCC(CC)(NC(=O)N(C)Cc1cccc(C)c1)C(=O)O. The maximum absolute atomic E-state index is 12.2. The van der Waals surface area contributed by atoms with Crippen LogP contribution in [-0.4, -0.2) is 34.6 Å². The molecule has 0 aliphatic heterocycles. The van der Waals surface area contributed by atoms with E-state index in [1.165, 1.54) is 4.90 Å². The average molecular weight is 292 g/mol. The molecule has 0 atom stereocenters. The zero-order chi connectivity index (χ0) is 16.0. The Labute approximate surface area is 126 Å². The smallest absolute Gasteiger partial charge is 0.329 e. The Morgan fingerprint density at radius 3 is 2.38 bits per heavy atom. The molecule has 21 heavy (non-hydrogen) atoms. The summed E-state index contributed by atoms with van der Waals surface area (Å²) in [5.74, 6) is -0.996. The fourth-order valence-corrected chi connectivity index (χ4v) is 2.24. The molecule has 0 bridgehead atoms. The normalized spacial score (nSPS) is 11.0. The quantitative estimate of drug-likeness (QED) is 0.847. The molecule has 116 valence electrons. The fourth-order valence-electron chi connectivity index (χ4n) is 2.24. The van der Waals surface area contributed by atoms with Crippen LogP contribution < -0.4 is 5.32 Å². The minimum absolute atomic E-state index is 0.350. The second kappa shape index (κ2) is 7.11. The maximum atomic E-state index is 12.2. The average Bonchev–Trinajstić information content (AvgIpc) is 2.44. The van der Waals surface area contributed by atoms with Gasteiger partial charge in [-0.15, -0.1) is 0 Å². The minimum atomic E-state index is -1.20. The molecule has 2 N–H and O–H groups in total. The van der Waals surface area contributed by atoms with Crippen LogP contribution in [0.1, 0.15) is 37.8 Å². The van der Waals surface area contributed by atoms with Gasteiger partial charge in [0.15, 0.2) is 0 Å². The van der Waals surface area contributed by atoms with Gasteiger partial charge in [0.25, 0.3) is 0 Å². The van der Waals surface area contributed by atoms with Crippen molar-refractivity contribution in [3.8, 4) is 0 Å². The number of carboxylic acids is 1. The number of carboxylic acid groups (broad SMARTS) is 1. The molecule has 5 nitrogen and oxygen atoms in total. The van der Waals surface area contributed by atoms with E-state index >= 15 is 0 Å². The van der Waals surface area contributed by atoms with Crippen LogP contribution in [-0.2, 0) is 11.3 Å². The van der Waals surface area contributed by atoms with Crippen LogP contribution in [0.15, 0.2) is 24.3 Å². The van der Waals surface area contributed by atoms with E-state index in [0.29, 0.717) is 19.4 Å². The lowest BCUT2D eigenvalue weighted by Gasteiger charge is -2.30. The van der Waals surface area contributed by atoms with E-state index in [-0.39, 0.29) is 6.03 Å². The number of aryl methyl sites for hydroxylation is 1. The Morgan fingerprint density at radius 1 is 1.29 bits per heavy atom. The van der Waals surface area contributed by atoms with Gasteiger partial charge in [0, 0.05) is 13.6 Å². The van der Waals surface area contributed by atoms with E-state index in [2.05, 4.69) is 5.32 Å². The molecule has 0 aliphatic rings. The Bertz CT molecular complexity index is 510. The second-order valence-corrected chi connectivity index (χ2v) is 5.37. The van der Waals surface area contributed by atoms with Crippen molar-refractivity contribution in [3.05, 3.63) is 35.4 Å². The monoisotopic (exact) mass is 292 g/mol. The van der Waals surface area contributed by atoms with E-state index in [4.69, 9.17) is 0 Å². The molecule has 1 aromatic carbocycles. The Morgan fingerprint density at radius 2 is 1.90 bits per heavy atom. The number of carbonyl (C=O) groups excluding carboxylic acids is 1. The molecule has 0 saturated heterocycles. The predicted octanol–water partition coefficient (Wildman–Crippen LogP) is 2.78. The molecule has 2 amide bonds. The van der Waals surface area contributed by atoms with Crippen molar-refractivity contribution in [1.82, 2.24) is 10.2 Å². The first-order valence-corrected chi connectivity index (χ1v) is 7.17. The van der Waals surface area contributed by atoms with Crippen molar-refractivity contribution < 1.29 is 14.7 Å². The van der Waals surface area contributed by atoms with Crippen LogP contribution in [0, 0.1) is 6.92 Å². The molecule has 0 aliphatic carbocycles. The molecule has 0 aromatic heterocycles. The van der Waals surface area contributed by atoms with Crippen LogP contribution in [0.3, 0.4) is 0 Å². The molecule has 0 radical (unpaired) electrons. The lowest BCUT2D eigenvalue weighted by molar-refractivity contribution is -0.144. The summed E-state index contributed by atoms with van der Waals surface area (Å²) in [7, 11) is 1.66. The van der Waals surface area contributed by atoms with Crippen molar-refractivity contribution in [2.45, 2.75) is 45.7 Å². The van der Waals surface area contributed by atoms with Gasteiger partial charge in [0.2, 0.25) is 0 Å². The second-order valence-electron chi connectivity index (χ2n) is 5.37. The minimum Gasteiger partial charge on any atom is -0.480 e. The molecule has 0 heterocycles. The van der Waals surface area contributed by atoms with Crippen molar-refractivity contribution in [2.75, 3.05) is 7.05 Å². The van der Waals surface area contributed by atoms with E-state index in [1.807, 2.05) is 31.2 Å². The molecule has 0 unspecified atom stereocenters. The number of hydrogen-bond acceptors (Lipinski definition) is 2. The lowest BCUT2D eigenvalue weighted by Crippen LogP contribution is -2.56. The highest BCUT2D eigenvalue weighted by molar-refractivity contribution is 5.86. The largest absolute Gasteiger partial charge is 0.480 e. The summed E-state index contributed by atoms with van der Waals surface area (Å²) in [6.07, 6.45) is 0.700. The van der Waals surface area contributed by atoms with Gasteiger partial charge in [-0.1, -0.05) is 43.7 Å². The lowest BCUT2D eigenvalue weighted by atomic mass is 9.93. The molecule has 1 aromatic rings. The van der Waals surface area contributed by atoms with Crippen molar-refractivity contribution >= 4 is 12.0 Å². The topological polar surface area (TPSA) is 69.6 Å². The molecular formula is C16H24N2O3. The van der Waals surface area contributed by atoms with Gasteiger partial charge in [-0.25, -0.2) is 9.59 Å². The summed E-state index contributed by atoms with van der Waals surface area (Å²) in [6, 6.07) is 7.51. The molecule has 0 fully saturated rings. The number of nitrogens with one attached hydrogen (secondary N) is 1. The van der Waals surface area contributed by atoms with Gasteiger partial charge < -0.3 is 15.3 Å². The number of amides is 2. The van der Waals surface area contributed by atoms with Crippen molar-refractivity contribution in [2.24, 2.45) is 0 Å². The maximum Gasteiger partial charge on any atom is 0.329 e. The zero-order valence-electron chi connectivity index (χ0n) is 13.1. The highest BCUT2D eigenvalue weighted by Crippen LogP contribution is 2.16. The van der Waals surface area contributed by atoms with Crippen LogP contribution in [0.4, 0.5) is 4.79 Å². The number of rotatable bonds is 6. The van der Waals surface area contributed by atoms with E-state index in [1.54, 1.807) is 20.9 Å². The standard InChI is InChI=1S/C16H24N2O3/c1-5-16(6-2,14(19)20)17-15(21)18(4)11-13-9-7-8-12(3)10-13/h7-10H,5-6,11H2,1-4H3,(H,17,21)(H,19,20). The number of urea groups is 1. The molecule has 1 rings (SSSR count). The number of nitrogens with zero attached hydrogens (tertiary/aromatic N) is 1. The summed E-state index contributed by atoms with van der Waals surface area (Å²) in [4.78, 5) is 25.1. The summed E-state index contributed by atoms with van der Waals surface area (Å²) in [5, 5.41) is 12.0. The van der Waals surface area contributed by atoms with E-state index in [9.17, 15) is 14.7 Å². The van der Waals surface area contributed by atoms with Crippen LogP contribution >= 0.6 is 0 Å². The highest BCUT2D eigenvalue weighted by atomic mass is 16.4. The molecular weight excluding hydrogens is 268 g/mol. The van der Waals surface area contributed by atoms with Crippen LogP contribution in [0.5, 0.6) is 0 Å². The molecule has 0 spiro atoms. The van der Waals surface area contributed by atoms with E-state index < -0.39 is 11.5 Å². The summed E-state index contributed by atoms with van der Waals surface area (Å²) >= 11 is 0. The first-order chi connectivity index (χ1) is 9.84. The number of benzene rings is 1. The van der Waals surface area contributed by atoms with Gasteiger partial charge in [-0.05, 0) is 25.3 Å². The summed E-state index contributed by atoms with van der Waals surface area (Å²) in [6.45, 7) is 5.96. The summed E-state index contributed by atoms with van der Waals surface area (Å²) in [5.41, 5.74) is 0.947. The summed E-state index contributed by atoms with van der Waals surface area (Å²) < 4.78 is 0. The third-order valence-electron chi connectivity index (χ3n) is 3.81. The third-order valence-corrected chi connectivity index (χ3v) is 3.81. The number of aliphatic carboxylic acids is 1. The van der Waals surface area contributed by atoms with Crippen LogP contribution in [0.2, 0.25) is 0 Å². The van der Waals surface area contributed by atoms with Gasteiger partial charge in [-0.2, -0.15) is 0 Å². The predicted molar refractivity (Wildman–Crippen MR) is 82.1 cm³/mol. The number of hydrogen-bond donors (Lipinski definition) is 2. The van der Waals surface area contributed by atoms with E-state index in [0.717, 1.165) is 11.1 Å². The molecule has 5 heteroatoms. The first-order valence-electron chi connectivity index (χ1n) is 7.17. The Hall–Kier alpha value is -2.04. The van der Waals surface area contributed by atoms with Crippen molar-refractivity contribution in [3.63, 3.8) is 0 Å². The Kier molecular flexibility index (Phi) is 5.76. The zero-order valence-corrected chi connectivity index (χ0v) is 13.1. The first kappa shape index (κ1) is 17.0. The third kappa shape index (κ3) is 4.21.